The summed E-state index contributed by atoms with van der Waals surface area (Å²) >= 11 is 0. The molecule has 0 bridgehead atoms. The molecule has 78 valence electrons. The van der Waals surface area contributed by atoms with Crippen molar-refractivity contribution in [3.8, 4) is 0 Å². The highest BCUT2D eigenvalue weighted by Crippen LogP contribution is 2.11. The molecular formula is C7H11N3O4. The second-order valence-corrected chi connectivity index (χ2v) is 3.14. The molecule has 0 saturated carbocycles. The maximum Gasteiger partial charge on any atom is 0.332 e. The molecule has 0 aromatic heterocycles. The highest BCUT2D eigenvalue weighted by molar-refractivity contribution is 5.93. The van der Waals surface area contributed by atoms with E-state index in [1.165, 1.54) is 0 Å². The van der Waals surface area contributed by atoms with Crippen molar-refractivity contribution in [1.82, 2.24) is 10.2 Å². The Morgan fingerprint density at radius 2 is 2.07 bits per heavy atom. The van der Waals surface area contributed by atoms with Gasteiger partial charge in [-0.05, 0) is 0 Å². The number of carbonyl (C=O) groups is 3. The van der Waals surface area contributed by atoms with E-state index < -0.39 is 29.2 Å². The maximum atomic E-state index is 11.7. The summed E-state index contributed by atoms with van der Waals surface area (Å²) in [6.07, 6.45) is 0. The topological polar surface area (TPSA) is 89.5 Å². The number of urea groups is 1. The molecule has 0 spiro atoms. The minimum absolute atomic E-state index is 0.321. The molecule has 7 heteroatoms. The number of nitrogens with zero attached hydrogens (tertiary/aromatic N) is 2. The molecule has 0 aliphatic carbocycles. The number of nitrogens with one attached hydrogen (secondary N) is 1. The van der Waals surface area contributed by atoms with E-state index in [1.807, 2.05) is 0 Å². The van der Waals surface area contributed by atoms with Gasteiger partial charge in [-0.3, -0.25) is 14.8 Å². The summed E-state index contributed by atoms with van der Waals surface area (Å²) in [5.74, 6) is -1.20. The van der Waals surface area contributed by atoms with Crippen LogP contribution in [0.5, 0.6) is 0 Å². The molecule has 1 aliphatic rings. The lowest BCUT2D eigenvalue weighted by Gasteiger charge is -2.44. The number of hydroxylamine groups is 3. The van der Waals surface area contributed by atoms with Gasteiger partial charge in [0.05, 0.1) is 6.92 Å². The first-order valence-electron chi connectivity index (χ1n) is 4.02. The Morgan fingerprint density at radius 3 is 2.50 bits per heavy atom. The van der Waals surface area contributed by atoms with Crippen molar-refractivity contribution in [3.63, 3.8) is 0 Å². The molecule has 0 aromatic rings. The Bertz CT molecular complexity index is 303. The Labute approximate surface area is 80.4 Å². The van der Waals surface area contributed by atoms with Gasteiger partial charge < -0.3 is 5.21 Å². The zero-order valence-corrected chi connectivity index (χ0v) is 7.94. The van der Waals surface area contributed by atoms with E-state index in [9.17, 15) is 19.6 Å². The van der Waals surface area contributed by atoms with Gasteiger partial charge in [-0.15, -0.1) is 0 Å². The second-order valence-electron chi connectivity index (χ2n) is 3.14. The number of rotatable bonds is 0. The highest BCUT2D eigenvalue weighted by Gasteiger charge is 2.36. The molecule has 1 atom stereocenters. The van der Waals surface area contributed by atoms with Crippen LogP contribution in [0.2, 0.25) is 0 Å². The summed E-state index contributed by atoms with van der Waals surface area (Å²) in [6.45, 7) is 1.52. The predicted molar refractivity (Wildman–Crippen MR) is 45.1 cm³/mol. The van der Waals surface area contributed by atoms with Crippen LogP contribution in [0, 0.1) is 5.21 Å². The summed E-state index contributed by atoms with van der Waals surface area (Å²) in [7, 11) is 0. The number of amides is 4. The Morgan fingerprint density at radius 1 is 1.50 bits per heavy atom. The van der Waals surface area contributed by atoms with E-state index in [4.69, 9.17) is 0 Å². The zero-order chi connectivity index (χ0) is 10.9. The molecule has 14 heavy (non-hydrogen) atoms. The third-order valence-electron chi connectivity index (χ3n) is 2.05. The van der Waals surface area contributed by atoms with Crippen LogP contribution in [0.4, 0.5) is 4.79 Å². The third-order valence-corrected chi connectivity index (χ3v) is 2.05. The largest absolute Gasteiger partial charge is 0.623 e. The summed E-state index contributed by atoms with van der Waals surface area (Å²) in [5.41, 5.74) is 0. The maximum absolute atomic E-state index is 11.7. The highest BCUT2D eigenvalue weighted by atomic mass is 16.6. The molecule has 0 radical (unpaired) electrons. The fraction of sp³-hybridized carbons (Fsp3) is 0.571. The number of hydrogen-bond donors (Lipinski definition) is 1. The number of imide groups is 1. The molecule has 1 rings (SSSR count). The summed E-state index contributed by atoms with van der Waals surface area (Å²) in [4.78, 5) is 33.7. The van der Waals surface area contributed by atoms with Crippen molar-refractivity contribution in [2.45, 2.75) is 13.8 Å². The van der Waals surface area contributed by atoms with Gasteiger partial charge in [0.25, 0.3) is 0 Å². The van der Waals surface area contributed by atoms with E-state index in [2.05, 4.69) is 5.32 Å². The van der Waals surface area contributed by atoms with Crippen molar-refractivity contribution < 1.29 is 19.0 Å². The molecule has 4 amide bonds. The number of hydrogen-bond acceptors (Lipinski definition) is 4. The second kappa shape index (κ2) is 3.35. The fourth-order valence-corrected chi connectivity index (χ4v) is 1.09. The van der Waals surface area contributed by atoms with Gasteiger partial charge in [-0.25, -0.2) is 14.5 Å². The van der Waals surface area contributed by atoms with Crippen molar-refractivity contribution in [2.24, 2.45) is 0 Å². The third kappa shape index (κ3) is 1.73. The van der Waals surface area contributed by atoms with Crippen molar-refractivity contribution in [1.29, 1.82) is 0 Å². The first-order valence-corrected chi connectivity index (χ1v) is 4.02. The van der Waals surface area contributed by atoms with Crippen LogP contribution in [0.3, 0.4) is 0 Å². The average Bonchev–Trinajstić information content (AvgIpc) is 2.09. The molecule has 1 fully saturated rings. The Kier molecular flexibility index (Phi) is 2.54. The lowest BCUT2D eigenvalue weighted by molar-refractivity contribution is -0.818. The van der Waals surface area contributed by atoms with Crippen molar-refractivity contribution >= 4 is 17.8 Å². The average molecular weight is 201 g/mol. The van der Waals surface area contributed by atoms with Gasteiger partial charge in [-0.2, -0.15) is 0 Å². The quantitative estimate of drug-likeness (QED) is 0.416. The Hall–Kier alpha value is -1.47. The normalized spacial score (nSPS) is 27.1. The summed E-state index contributed by atoms with van der Waals surface area (Å²) in [5, 5.41) is 13.9. The van der Waals surface area contributed by atoms with Gasteiger partial charge in [0.1, 0.15) is 0 Å². The van der Waals surface area contributed by atoms with E-state index in [0.29, 0.717) is 0 Å². The van der Waals surface area contributed by atoms with Gasteiger partial charge in [0, 0.05) is 6.92 Å². The van der Waals surface area contributed by atoms with E-state index in [-0.39, 0.29) is 6.67 Å². The van der Waals surface area contributed by atoms with Gasteiger partial charge in [0.2, 0.25) is 5.91 Å². The van der Waals surface area contributed by atoms with Crippen LogP contribution in [-0.4, -0.2) is 40.7 Å². The molecule has 1 N–H and O–H groups in total. The van der Waals surface area contributed by atoms with Crippen LogP contribution in [0.1, 0.15) is 13.8 Å². The van der Waals surface area contributed by atoms with Gasteiger partial charge in [-0.1, -0.05) is 0 Å². The predicted octanol–water partition coefficient (Wildman–Crippen LogP) is -0.666. The zero-order valence-electron chi connectivity index (χ0n) is 7.94. The van der Waals surface area contributed by atoms with Crippen LogP contribution in [-0.2, 0) is 9.59 Å². The number of carbonyl (C=O) groups excluding carboxylic acids is 3. The van der Waals surface area contributed by atoms with Gasteiger partial charge >= 0.3 is 11.9 Å². The first kappa shape index (κ1) is 10.6. The molecular weight excluding hydrogens is 190 g/mol. The molecule has 1 saturated heterocycles. The van der Waals surface area contributed by atoms with E-state index in [1.54, 1.807) is 0 Å². The summed E-state index contributed by atoms with van der Waals surface area (Å²) < 4.78 is -1.23. The number of quaternary nitrogens is 1. The van der Waals surface area contributed by atoms with Crippen LogP contribution in [0.25, 0.3) is 0 Å². The minimum Gasteiger partial charge on any atom is -0.623 e. The van der Waals surface area contributed by atoms with Crippen LogP contribution >= 0.6 is 0 Å². The molecule has 1 heterocycles. The van der Waals surface area contributed by atoms with E-state index in [0.717, 1.165) is 18.7 Å². The Balaban J connectivity index is 2.86. The van der Waals surface area contributed by atoms with Crippen LogP contribution < -0.4 is 5.32 Å². The molecule has 1 aliphatic heterocycles. The lowest BCUT2D eigenvalue weighted by atomic mass is 10.4. The monoisotopic (exact) mass is 201 g/mol. The molecule has 1 unspecified atom stereocenters. The SMILES string of the molecule is CC(=O)N1C[N+]([O-])(C(C)=O)CNC1=O. The smallest absolute Gasteiger partial charge is 0.332 e. The van der Waals surface area contributed by atoms with Gasteiger partial charge in [0.15, 0.2) is 13.3 Å². The van der Waals surface area contributed by atoms with E-state index >= 15 is 0 Å². The first-order chi connectivity index (χ1) is 6.37. The summed E-state index contributed by atoms with van der Waals surface area (Å²) in [6, 6.07) is -0.636. The van der Waals surface area contributed by atoms with Crippen molar-refractivity contribution in [3.05, 3.63) is 5.21 Å². The molecule has 7 nitrogen and oxygen atoms in total. The lowest BCUT2D eigenvalue weighted by Crippen LogP contribution is -2.66. The van der Waals surface area contributed by atoms with Crippen molar-refractivity contribution in [2.75, 3.05) is 13.3 Å². The fourth-order valence-electron chi connectivity index (χ4n) is 1.09. The minimum atomic E-state index is -1.23. The van der Waals surface area contributed by atoms with Crippen LogP contribution in [0.15, 0.2) is 0 Å². The molecule has 0 aromatic carbocycles. The standard InChI is InChI=1S/C7H11N3O4/c1-5(11)9-4-10(14,6(2)12)3-8-7(9)13/h3-4H2,1-2H3,(H,8,13).